The quantitative estimate of drug-likeness (QED) is 0.575. The van der Waals surface area contributed by atoms with Gasteiger partial charge in [0.1, 0.15) is 5.69 Å². The second-order valence-corrected chi connectivity index (χ2v) is 6.50. The number of halogens is 2. The van der Waals surface area contributed by atoms with E-state index in [1.165, 1.54) is 4.68 Å². The van der Waals surface area contributed by atoms with Crippen LogP contribution in [0.5, 0.6) is 0 Å². The summed E-state index contributed by atoms with van der Waals surface area (Å²) in [4.78, 5) is 10.8. The van der Waals surface area contributed by atoms with Gasteiger partial charge in [-0.3, -0.25) is 10.1 Å². The largest absolute Gasteiger partial charge is 0.329 e. The monoisotopic (exact) mass is 371 g/mol. The molecule has 0 fully saturated rings. The van der Waals surface area contributed by atoms with Crippen LogP contribution in [0.2, 0.25) is 5.15 Å². The minimum Gasteiger partial charge on any atom is -0.258 e. The molecule has 0 saturated heterocycles. The Morgan fingerprint density at radius 3 is 2.76 bits per heavy atom. The third-order valence-corrected chi connectivity index (χ3v) is 3.81. The molecule has 112 valence electrons. The summed E-state index contributed by atoms with van der Waals surface area (Å²) in [7, 11) is 0. The van der Waals surface area contributed by atoms with Crippen LogP contribution in [0.25, 0.3) is 0 Å². The third kappa shape index (κ3) is 3.83. The van der Waals surface area contributed by atoms with E-state index in [9.17, 15) is 10.1 Å². The molecule has 1 aromatic carbocycles. The maximum Gasteiger partial charge on any atom is 0.329 e. The lowest BCUT2D eigenvalue weighted by Crippen LogP contribution is -2.03. The fraction of sp³-hybridized carbons (Fsp3) is 0.357. The first-order chi connectivity index (χ1) is 9.88. The Hall–Kier alpha value is -1.40. The van der Waals surface area contributed by atoms with E-state index in [2.05, 4.69) is 21.0 Å². The summed E-state index contributed by atoms with van der Waals surface area (Å²) in [6.07, 6.45) is 0.529. The molecule has 2 rings (SSSR count). The zero-order valence-corrected chi connectivity index (χ0v) is 14.1. The van der Waals surface area contributed by atoms with Crippen LogP contribution in [0.15, 0.2) is 28.7 Å². The number of nitrogens with zero attached hydrogens (tertiary/aromatic N) is 3. The molecule has 0 atom stereocenters. The summed E-state index contributed by atoms with van der Waals surface area (Å²) in [5, 5.41) is 15.6. The first kappa shape index (κ1) is 16.0. The van der Waals surface area contributed by atoms with E-state index in [1.54, 1.807) is 0 Å². The van der Waals surface area contributed by atoms with Gasteiger partial charge in [0, 0.05) is 10.9 Å². The molecule has 7 heteroatoms. The predicted molar refractivity (Wildman–Crippen MR) is 85.7 cm³/mol. The van der Waals surface area contributed by atoms with E-state index in [4.69, 9.17) is 11.6 Å². The molecule has 0 radical (unpaired) electrons. The SMILES string of the molecule is CC(C)Cc1nn(Cc2cccc(Br)c2)c(Cl)c1[N+](=O)[O-]. The molecule has 0 bridgehead atoms. The maximum absolute atomic E-state index is 11.2. The lowest BCUT2D eigenvalue weighted by Gasteiger charge is -2.03. The molecule has 1 aromatic heterocycles. The van der Waals surface area contributed by atoms with Crippen molar-refractivity contribution < 1.29 is 4.92 Å². The average Bonchev–Trinajstić information content (AvgIpc) is 2.65. The fourth-order valence-corrected chi connectivity index (χ4v) is 2.82. The van der Waals surface area contributed by atoms with Gasteiger partial charge in [-0.25, -0.2) is 4.68 Å². The first-order valence-corrected chi connectivity index (χ1v) is 7.69. The molecular weight excluding hydrogens is 358 g/mol. The van der Waals surface area contributed by atoms with Crippen molar-refractivity contribution in [2.75, 3.05) is 0 Å². The standard InChI is InChI=1S/C14H15BrClN3O2/c1-9(2)6-12-13(19(20)21)14(16)18(17-12)8-10-4-3-5-11(15)7-10/h3-5,7,9H,6,8H2,1-2H3. The average molecular weight is 373 g/mol. The summed E-state index contributed by atoms with van der Waals surface area (Å²) in [5.41, 5.74) is 1.33. The van der Waals surface area contributed by atoms with Gasteiger partial charge in [-0.1, -0.05) is 53.5 Å². The van der Waals surface area contributed by atoms with Gasteiger partial charge < -0.3 is 0 Å². The van der Waals surface area contributed by atoms with Gasteiger partial charge >= 0.3 is 5.69 Å². The van der Waals surface area contributed by atoms with Crippen molar-refractivity contribution in [2.45, 2.75) is 26.8 Å². The van der Waals surface area contributed by atoms with Gasteiger partial charge in [0.2, 0.25) is 5.15 Å². The van der Waals surface area contributed by atoms with E-state index < -0.39 is 4.92 Å². The molecule has 0 aliphatic carbocycles. The van der Waals surface area contributed by atoms with E-state index in [0.717, 1.165) is 10.0 Å². The van der Waals surface area contributed by atoms with E-state index in [1.807, 2.05) is 38.1 Å². The number of aromatic nitrogens is 2. The van der Waals surface area contributed by atoms with Gasteiger partial charge in [0.05, 0.1) is 11.5 Å². The fourth-order valence-electron chi connectivity index (χ4n) is 2.10. The number of hydrogen-bond acceptors (Lipinski definition) is 3. The van der Waals surface area contributed by atoms with Crippen LogP contribution in [-0.2, 0) is 13.0 Å². The number of nitro groups is 1. The number of hydrogen-bond donors (Lipinski definition) is 0. The van der Waals surface area contributed by atoms with Crippen LogP contribution in [-0.4, -0.2) is 14.7 Å². The highest BCUT2D eigenvalue weighted by molar-refractivity contribution is 9.10. The molecule has 0 aliphatic heterocycles. The van der Waals surface area contributed by atoms with Crippen molar-refractivity contribution in [2.24, 2.45) is 5.92 Å². The molecule has 0 amide bonds. The lowest BCUT2D eigenvalue weighted by atomic mass is 10.1. The van der Waals surface area contributed by atoms with Crippen LogP contribution in [0, 0.1) is 16.0 Å². The van der Waals surface area contributed by atoms with Crippen LogP contribution in [0.3, 0.4) is 0 Å². The Kier molecular flexibility index (Phi) is 5.00. The lowest BCUT2D eigenvalue weighted by molar-refractivity contribution is -0.385. The molecule has 0 spiro atoms. The second-order valence-electron chi connectivity index (χ2n) is 5.23. The minimum atomic E-state index is -0.454. The van der Waals surface area contributed by atoms with Crippen LogP contribution in [0.1, 0.15) is 25.1 Å². The molecule has 0 saturated carbocycles. The summed E-state index contributed by atoms with van der Waals surface area (Å²) in [5.74, 6) is 0.272. The molecule has 2 aromatic rings. The van der Waals surface area contributed by atoms with Gasteiger partial charge in [0.15, 0.2) is 0 Å². The number of rotatable bonds is 5. The highest BCUT2D eigenvalue weighted by Crippen LogP contribution is 2.30. The van der Waals surface area contributed by atoms with Crippen molar-refractivity contribution >= 4 is 33.2 Å². The van der Waals surface area contributed by atoms with Gasteiger partial charge in [-0.2, -0.15) is 5.10 Å². The summed E-state index contributed by atoms with van der Waals surface area (Å²) >= 11 is 9.54. The van der Waals surface area contributed by atoms with Crippen molar-refractivity contribution in [1.29, 1.82) is 0 Å². The third-order valence-electron chi connectivity index (χ3n) is 2.94. The topological polar surface area (TPSA) is 61.0 Å². The van der Waals surface area contributed by atoms with E-state index in [0.29, 0.717) is 18.7 Å². The van der Waals surface area contributed by atoms with Crippen molar-refractivity contribution in [3.8, 4) is 0 Å². The van der Waals surface area contributed by atoms with Gasteiger partial charge in [0.25, 0.3) is 0 Å². The maximum atomic E-state index is 11.2. The molecule has 0 unspecified atom stereocenters. The summed E-state index contributed by atoms with van der Waals surface area (Å²) < 4.78 is 2.43. The van der Waals surface area contributed by atoms with Crippen LogP contribution in [0.4, 0.5) is 5.69 Å². The molecule has 0 N–H and O–H groups in total. The van der Waals surface area contributed by atoms with Crippen molar-refractivity contribution in [3.63, 3.8) is 0 Å². The highest BCUT2D eigenvalue weighted by atomic mass is 79.9. The number of benzene rings is 1. The zero-order chi connectivity index (χ0) is 15.6. The Balaban J connectivity index is 2.38. The molecule has 1 heterocycles. The highest BCUT2D eigenvalue weighted by Gasteiger charge is 2.26. The smallest absolute Gasteiger partial charge is 0.258 e. The van der Waals surface area contributed by atoms with Gasteiger partial charge in [-0.15, -0.1) is 0 Å². The van der Waals surface area contributed by atoms with Gasteiger partial charge in [-0.05, 0) is 23.6 Å². The summed E-state index contributed by atoms with van der Waals surface area (Å²) in [6, 6.07) is 7.68. The second kappa shape index (κ2) is 6.58. The molecule has 5 nitrogen and oxygen atoms in total. The predicted octanol–water partition coefficient (Wildman–Crippen LogP) is 4.45. The van der Waals surface area contributed by atoms with E-state index in [-0.39, 0.29) is 16.8 Å². The Labute approximate surface area is 136 Å². The van der Waals surface area contributed by atoms with E-state index >= 15 is 0 Å². The normalized spacial score (nSPS) is 11.1. The molecular formula is C14H15BrClN3O2. The Bertz CT molecular complexity index is 670. The summed E-state index contributed by atoms with van der Waals surface area (Å²) in [6.45, 7) is 4.38. The zero-order valence-electron chi connectivity index (χ0n) is 11.7. The van der Waals surface area contributed by atoms with Crippen LogP contribution >= 0.6 is 27.5 Å². The van der Waals surface area contributed by atoms with Crippen molar-refractivity contribution in [3.05, 3.63) is 55.3 Å². The minimum absolute atomic E-state index is 0.0793. The molecule has 0 aliphatic rings. The molecule has 21 heavy (non-hydrogen) atoms. The Morgan fingerprint density at radius 1 is 1.48 bits per heavy atom. The van der Waals surface area contributed by atoms with Crippen molar-refractivity contribution in [1.82, 2.24) is 9.78 Å². The van der Waals surface area contributed by atoms with Crippen LogP contribution < -0.4 is 0 Å². The Morgan fingerprint density at radius 2 is 2.19 bits per heavy atom. The first-order valence-electron chi connectivity index (χ1n) is 6.52.